The number of rotatable bonds is 6. The quantitative estimate of drug-likeness (QED) is 0.426. The Morgan fingerprint density at radius 1 is 0.761 bits per heavy atom. The van der Waals surface area contributed by atoms with Gasteiger partial charge in [-0.05, 0) is 74.1 Å². The molecule has 2 aliphatic rings. The van der Waals surface area contributed by atoms with Crippen molar-refractivity contribution < 1.29 is 29.0 Å². The van der Waals surface area contributed by atoms with E-state index in [9.17, 15) is 19.2 Å². The third-order valence-electron chi connectivity index (χ3n) is 8.08. The van der Waals surface area contributed by atoms with E-state index in [-0.39, 0.29) is 29.3 Å². The number of ether oxygens (including phenoxy) is 1. The highest BCUT2D eigenvalue weighted by atomic mass is 16.5. The lowest BCUT2D eigenvalue weighted by Gasteiger charge is -2.37. The van der Waals surface area contributed by atoms with Gasteiger partial charge in [-0.2, -0.15) is 0 Å². The molecule has 0 unspecified atom stereocenters. The van der Waals surface area contributed by atoms with E-state index in [0.717, 1.165) is 43.9 Å². The second kappa shape index (κ2) is 14.9. The molecule has 46 heavy (non-hydrogen) atoms. The molecule has 1 atom stereocenters. The fourth-order valence-corrected chi connectivity index (χ4v) is 5.36. The van der Waals surface area contributed by atoms with Crippen LogP contribution in [0.15, 0.2) is 60.7 Å². The minimum Gasteiger partial charge on any atom is -0.491 e. The predicted molar refractivity (Wildman–Crippen MR) is 177 cm³/mol. The van der Waals surface area contributed by atoms with Crippen molar-refractivity contribution in [3.05, 3.63) is 94.0 Å². The number of carboxylic acid groups (broad SMARTS) is 1. The molecular weight excluding hydrogens is 586 g/mol. The Hall–Kier alpha value is -4.90. The second-order valence-electron chi connectivity index (χ2n) is 12.0. The van der Waals surface area contributed by atoms with E-state index in [1.54, 1.807) is 52.5 Å². The number of likely N-dealkylation sites (N-methyl/N-ethyl adjacent to an activating group) is 1. The van der Waals surface area contributed by atoms with Crippen molar-refractivity contribution >= 4 is 29.4 Å². The molecule has 0 bridgehead atoms. The van der Waals surface area contributed by atoms with Crippen molar-refractivity contribution in [3.8, 4) is 5.75 Å². The Morgan fingerprint density at radius 3 is 1.76 bits per heavy atom. The van der Waals surface area contributed by atoms with Crippen LogP contribution >= 0.6 is 0 Å². The third kappa shape index (κ3) is 8.22. The van der Waals surface area contributed by atoms with Gasteiger partial charge in [-0.15, -0.1) is 0 Å². The Morgan fingerprint density at radius 2 is 1.26 bits per heavy atom. The number of amides is 3. The van der Waals surface area contributed by atoms with Gasteiger partial charge in [0.25, 0.3) is 17.7 Å². The Balaban J connectivity index is 0.000000288. The van der Waals surface area contributed by atoms with Crippen molar-refractivity contribution in [1.82, 2.24) is 20.0 Å². The molecule has 3 aromatic rings. The van der Waals surface area contributed by atoms with E-state index < -0.39 is 5.97 Å². The van der Waals surface area contributed by atoms with Gasteiger partial charge in [0.1, 0.15) is 12.4 Å². The zero-order valence-corrected chi connectivity index (χ0v) is 27.4. The van der Waals surface area contributed by atoms with E-state index in [1.807, 2.05) is 0 Å². The van der Waals surface area contributed by atoms with Crippen molar-refractivity contribution in [2.45, 2.75) is 19.4 Å². The summed E-state index contributed by atoms with van der Waals surface area (Å²) in [5, 5.41) is 11.7. The van der Waals surface area contributed by atoms with Crippen LogP contribution in [0.3, 0.4) is 0 Å². The molecule has 0 aliphatic carbocycles. The van der Waals surface area contributed by atoms with Crippen LogP contribution in [0.5, 0.6) is 5.75 Å². The van der Waals surface area contributed by atoms with Crippen molar-refractivity contribution in [3.63, 3.8) is 0 Å². The number of anilines is 1. The number of aromatic carboxylic acids is 1. The predicted octanol–water partition coefficient (Wildman–Crippen LogP) is 3.27. The summed E-state index contributed by atoms with van der Waals surface area (Å²) in [5.41, 5.74) is 5.29. The number of fused-ring (bicyclic) bond motifs is 1. The highest BCUT2D eigenvalue weighted by Crippen LogP contribution is 2.37. The average molecular weight is 630 g/mol. The number of benzene rings is 3. The lowest BCUT2D eigenvalue weighted by molar-refractivity contribution is 0.0694. The molecule has 2 aliphatic heterocycles. The number of carbonyl (C=O) groups is 4. The van der Waals surface area contributed by atoms with Gasteiger partial charge in [-0.1, -0.05) is 6.07 Å². The van der Waals surface area contributed by atoms with Crippen LogP contribution in [0, 0.1) is 6.92 Å². The minimum atomic E-state index is -0.992. The van der Waals surface area contributed by atoms with Gasteiger partial charge in [0.15, 0.2) is 0 Å². The van der Waals surface area contributed by atoms with Crippen LogP contribution in [-0.4, -0.2) is 118 Å². The summed E-state index contributed by atoms with van der Waals surface area (Å²) >= 11 is 0. The molecule has 3 amide bonds. The van der Waals surface area contributed by atoms with Crippen LogP contribution in [0.4, 0.5) is 5.69 Å². The van der Waals surface area contributed by atoms with Crippen LogP contribution in [0.2, 0.25) is 0 Å². The van der Waals surface area contributed by atoms with Crippen molar-refractivity contribution in [2.75, 3.05) is 72.9 Å². The lowest BCUT2D eigenvalue weighted by Crippen LogP contribution is -2.46. The smallest absolute Gasteiger partial charge is 0.335 e. The summed E-state index contributed by atoms with van der Waals surface area (Å²) in [5.74, 6) is -0.407. The largest absolute Gasteiger partial charge is 0.491 e. The lowest BCUT2D eigenvalue weighted by atomic mass is 9.96. The molecule has 5 rings (SSSR count). The van der Waals surface area contributed by atoms with E-state index in [0.29, 0.717) is 23.3 Å². The summed E-state index contributed by atoms with van der Waals surface area (Å²) < 4.78 is 6.13. The summed E-state index contributed by atoms with van der Waals surface area (Å²) in [7, 11) is 8.87. The van der Waals surface area contributed by atoms with E-state index >= 15 is 0 Å². The Kier molecular flexibility index (Phi) is 11.0. The normalized spacial score (nSPS) is 15.8. The minimum absolute atomic E-state index is 0.0824. The molecule has 0 radical (unpaired) electrons. The highest BCUT2D eigenvalue weighted by Gasteiger charge is 2.28. The molecule has 1 saturated heterocycles. The van der Waals surface area contributed by atoms with E-state index in [2.05, 4.69) is 41.2 Å². The third-order valence-corrected chi connectivity index (χ3v) is 8.08. The first kappa shape index (κ1) is 34.0. The monoisotopic (exact) mass is 629 g/mol. The molecule has 244 valence electrons. The number of nitrogens with zero attached hydrogens (tertiary/aromatic N) is 4. The number of piperazine rings is 1. The highest BCUT2D eigenvalue weighted by molar-refractivity contribution is 5.98. The zero-order valence-electron chi connectivity index (χ0n) is 27.4. The molecule has 0 spiro atoms. The summed E-state index contributed by atoms with van der Waals surface area (Å²) in [6.45, 7) is 6.57. The van der Waals surface area contributed by atoms with Gasteiger partial charge in [0.05, 0.1) is 11.6 Å². The Bertz CT molecular complexity index is 1560. The van der Waals surface area contributed by atoms with Crippen LogP contribution in [0.25, 0.3) is 0 Å². The van der Waals surface area contributed by atoms with Crippen molar-refractivity contribution in [1.29, 1.82) is 0 Å². The topological polar surface area (TPSA) is 123 Å². The molecule has 2 N–H and O–H groups in total. The Labute approximate surface area is 270 Å². The number of nitrogens with one attached hydrogen (secondary N) is 1. The van der Waals surface area contributed by atoms with Gasteiger partial charge in [0.2, 0.25) is 0 Å². The van der Waals surface area contributed by atoms with Gasteiger partial charge >= 0.3 is 5.97 Å². The maximum Gasteiger partial charge on any atom is 0.335 e. The molecule has 3 aromatic carbocycles. The van der Waals surface area contributed by atoms with Gasteiger partial charge in [0, 0.05) is 88.7 Å². The first-order chi connectivity index (χ1) is 21.8. The molecule has 1 fully saturated rings. The average Bonchev–Trinajstić information content (AvgIpc) is 3.05. The molecule has 11 heteroatoms. The molecule has 0 aromatic heterocycles. The zero-order chi connectivity index (χ0) is 33.5. The number of carboxylic acids is 1. The van der Waals surface area contributed by atoms with Gasteiger partial charge < -0.3 is 34.8 Å². The fourth-order valence-electron chi connectivity index (χ4n) is 5.36. The van der Waals surface area contributed by atoms with Crippen LogP contribution in [-0.2, 0) is 6.42 Å². The summed E-state index contributed by atoms with van der Waals surface area (Å²) in [6.07, 6.45) is 0.738. The standard InChI is InChI=1S/C25H32N4O3.C10H11NO3/c1-17-5-10-22(29-13-11-28(4)12-14-29)21-15-20(16-32-23(17)21)26-24(30)18-6-8-19(9-7-18)25(31)27(2)3;1-11(2)9(12)7-3-5-8(6-4-7)10(13)14/h5-10,20H,11-16H2,1-4H3,(H,26,30);3-6H,1-2H3,(H,13,14)/t20-;/m0./s1. The van der Waals surface area contributed by atoms with E-state index in [1.165, 1.54) is 45.3 Å². The maximum atomic E-state index is 12.9. The van der Waals surface area contributed by atoms with Gasteiger partial charge in [-0.3, -0.25) is 14.4 Å². The molecule has 11 nitrogen and oxygen atoms in total. The maximum absolute atomic E-state index is 12.9. The van der Waals surface area contributed by atoms with E-state index in [4.69, 9.17) is 9.84 Å². The fraction of sp³-hybridized carbons (Fsp3) is 0.371. The van der Waals surface area contributed by atoms with Gasteiger partial charge in [-0.25, -0.2) is 4.79 Å². The number of hydrogen-bond acceptors (Lipinski definition) is 7. The molecular formula is C35H43N5O6. The second-order valence-corrected chi connectivity index (χ2v) is 12.0. The summed E-state index contributed by atoms with van der Waals surface area (Å²) in [6, 6.07) is 16.8. The number of carbonyl (C=O) groups excluding carboxylic acids is 3. The number of aryl methyl sites for hydroxylation is 1. The molecule has 0 saturated carbocycles. The van der Waals surface area contributed by atoms with Crippen LogP contribution in [0.1, 0.15) is 52.6 Å². The summed E-state index contributed by atoms with van der Waals surface area (Å²) in [4.78, 5) is 54.6. The van der Waals surface area contributed by atoms with Crippen molar-refractivity contribution in [2.24, 2.45) is 0 Å². The first-order valence-corrected chi connectivity index (χ1v) is 15.2. The number of hydrogen-bond donors (Lipinski definition) is 2. The van der Waals surface area contributed by atoms with Crippen LogP contribution < -0.4 is 15.0 Å². The first-order valence-electron chi connectivity index (χ1n) is 15.2. The SMILES string of the molecule is CN(C)C(=O)c1ccc(C(=O)O)cc1.Cc1ccc(N2CCN(C)CC2)c2c1OC[C@@H](NC(=O)c1ccc(C(=O)N(C)C)cc1)C2. The molecule has 2 heterocycles.